The van der Waals surface area contributed by atoms with E-state index in [1.54, 1.807) is 0 Å². The van der Waals surface area contributed by atoms with Gasteiger partial charge in [-0.3, -0.25) is 0 Å². The van der Waals surface area contributed by atoms with Crippen molar-refractivity contribution in [2.24, 2.45) is 5.92 Å². The summed E-state index contributed by atoms with van der Waals surface area (Å²) in [6.07, 6.45) is 8.48. The monoisotopic (exact) mass is 283 g/mol. The van der Waals surface area contributed by atoms with Gasteiger partial charge in [-0.2, -0.15) is 0 Å². The zero-order valence-electron chi connectivity index (χ0n) is 12.7. The number of hydrogen-bond donors (Lipinski definition) is 2. The molecule has 2 N–H and O–H groups in total. The maximum atomic E-state index is 10.7. The number of nitrogens with one attached hydrogen (secondary N) is 1. The summed E-state index contributed by atoms with van der Waals surface area (Å²) in [6.45, 7) is 4.49. The molecule has 2 saturated carbocycles. The first kappa shape index (κ1) is 14.8. The van der Waals surface area contributed by atoms with Crippen LogP contribution in [0.5, 0.6) is 0 Å². The van der Waals surface area contributed by atoms with Crippen molar-refractivity contribution in [1.29, 1.82) is 0 Å². The van der Waals surface area contributed by atoms with Crippen molar-refractivity contribution in [3.05, 3.63) is 0 Å². The van der Waals surface area contributed by atoms with Crippen molar-refractivity contribution in [1.82, 2.24) is 5.32 Å². The minimum Gasteiger partial charge on any atom is -0.389 e. The lowest BCUT2D eigenvalue weighted by atomic mass is 9.78. The van der Waals surface area contributed by atoms with E-state index in [-0.39, 0.29) is 5.79 Å². The summed E-state index contributed by atoms with van der Waals surface area (Å²) in [5, 5.41) is 14.3. The summed E-state index contributed by atoms with van der Waals surface area (Å²) in [6, 6.07) is 0.509. The normalized spacial score (nSPS) is 38.4. The second-order valence-electron chi connectivity index (χ2n) is 7.19. The Balaban J connectivity index is 1.43. The van der Waals surface area contributed by atoms with Crippen molar-refractivity contribution in [3.8, 4) is 0 Å². The van der Waals surface area contributed by atoms with Gasteiger partial charge in [-0.05, 0) is 31.6 Å². The molecular weight excluding hydrogens is 254 g/mol. The Labute approximate surface area is 122 Å². The number of ether oxygens (including phenoxy) is 2. The maximum absolute atomic E-state index is 10.7. The van der Waals surface area contributed by atoms with E-state index in [4.69, 9.17) is 9.47 Å². The van der Waals surface area contributed by atoms with Crippen LogP contribution in [0.25, 0.3) is 0 Å². The fourth-order valence-electron chi connectivity index (χ4n) is 4.17. The fourth-order valence-corrected chi connectivity index (χ4v) is 4.17. The third-order valence-electron chi connectivity index (χ3n) is 5.35. The van der Waals surface area contributed by atoms with E-state index in [0.29, 0.717) is 12.0 Å². The van der Waals surface area contributed by atoms with Gasteiger partial charge in [-0.1, -0.05) is 19.8 Å². The van der Waals surface area contributed by atoms with Crippen LogP contribution in [0.2, 0.25) is 0 Å². The predicted octanol–water partition coefficient (Wildman–Crippen LogP) is 2.20. The number of rotatable bonds is 3. The lowest BCUT2D eigenvalue weighted by molar-refractivity contribution is -0.179. The average Bonchev–Trinajstić information content (AvgIpc) is 2.87. The van der Waals surface area contributed by atoms with Gasteiger partial charge in [0.05, 0.1) is 18.8 Å². The molecule has 3 fully saturated rings. The third kappa shape index (κ3) is 3.35. The molecule has 3 rings (SSSR count). The SMILES string of the molecule is CC1CCCC(O)(CNC2CCC3(CC2)OCCO3)C1. The van der Waals surface area contributed by atoms with Crippen molar-refractivity contribution in [2.75, 3.05) is 19.8 Å². The van der Waals surface area contributed by atoms with Gasteiger partial charge in [0.25, 0.3) is 0 Å². The molecule has 4 heteroatoms. The quantitative estimate of drug-likeness (QED) is 0.834. The summed E-state index contributed by atoms with van der Waals surface area (Å²) >= 11 is 0. The van der Waals surface area contributed by atoms with Crippen LogP contribution in [0, 0.1) is 5.92 Å². The van der Waals surface area contributed by atoms with Crippen LogP contribution < -0.4 is 5.32 Å². The van der Waals surface area contributed by atoms with Crippen molar-refractivity contribution in [2.45, 2.75) is 75.7 Å². The van der Waals surface area contributed by atoms with E-state index in [9.17, 15) is 5.11 Å². The molecule has 20 heavy (non-hydrogen) atoms. The molecule has 116 valence electrons. The van der Waals surface area contributed by atoms with Crippen LogP contribution in [0.4, 0.5) is 0 Å². The van der Waals surface area contributed by atoms with Crippen LogP contribution in [0.15, 0.2) is 0 Å². The van der Waals surface area contributed by atoms with Gasteiger partial charge < -0.3 is 19.9 Å². The third-order valence-corrected chi connectivity index (χ3v) is 5.35. The molecule has 2 aliphatic carbocycles. The lowest BCUT2D eigenvalue weighted by Crippen LogP contribution is -2.49. The Morgan fingerprint density at radius 3 is 2.45 bits per heavy atom. The van der Waals surface area contributed by atoms with Gasteiger partial charge in [0, 0.05) is 25.4 Å². The molecule has 3 aliphatic rings. The Kier molecular flexibility index (Phi) is 4.37. The highest BCUT2D eigenvalue weighted by Crippen LogP contribution is 2.36. The zero-order chi connectivity index (χ0) is 14.1. The first-order chi connectivity index (χ1) is 9.59. The molecule has 0 aromatic rings. The van der Waals surface area contributed by atoms with Crippen molar-refractivity contribution >= 4 is 0 Å². The number of aliphatic hydroxyl groups is 1. The minimum atomic E-state index is -0.479. The first-order valence-corrected chi connectivity index (χ1v) is 8.33. The average molecular weight is 283 g/mol. The largest absolute Gasteiger partial charge is 0.389 e. The second-order valence-corrected chi connectivity index (χ2v) is 7.19. The summed E-state index contributed by atoms with van der Waals surface area (Å²) in [5.41, 5.74) is -0.479. The number of hydrogen-bond acceptors (Lipinski definition) is 4. The molecule has 1 heterocycles. The van der Waals surface area contributed by atoms with E-state index >= 15 is 0 Å². The molecule has 2 unspecified atom stereocenters. The Morgan fingerprint density at radius 2 is 1.80 bits per heavy atom. The highest BCUT2D eigenvalue weighted by molar-refractivity contribution is 4.90. The van der Waals surface area contributed by atoms with Crippen LogP contribution in [-0.2, 0) is 9.47 Å². The molecule has 0 radical (unpaired) electrons. The van der Waals surface area contributed by atoms with E-state index in [2.05, 4.69) is 12.2 Å². The molecule has 4 nitrogen and oxygen atoms in total. The zero-order valence-corrected chi connectivity index (χ0v) is 12.7. The molecule has 1 spiro atoms. The van der Waals surface area contributed by atoms with Crippen LogP contribution in [-0.4, -0.2) is 42.3 Å². The standard InChI is InChI=1S/C16H29NO3/c1-13-3-2-6-15(18,11-13)12-17-14-4-7-16(8-5-14)19-9-10-20-16/h13-14,17-18H,2-12H2,1H3. The molecule has 0 bridgehead atoms. The highest BCUT2D eigenvalue weighted by Gasteiger charge is 2.41. The first-order valence-electron chi connectivity index (χ1n) is 8.33. The van der Waals surface area contributed by atoms with Crippen LogP contribution in [0.3, 0.4) is 0 Å². The Hall–Kier alpha value is -0.160. The lowest BCUT2D eigenvalue weighted by Gasteiger charge is -2.39. The van der Waals surface area contributed by atoms with Crippen molar-refractivity contribution < 1.29 is 14.6 Å². The maximum Gasteiger partial charge on any atom is 0.168 e. The second kappa shape index (κ2) is 5.91. The van der Waals surface area contributed by atoms with Crippen molar-refractivity contribution in [3.63, 3.8) is 0 Å². The van der Waals surface area contributed by atoms with Gasteiger partial charge in [0.15, 0.2) is 5.79 Å². The van der Waals surface area contributed by atoms with Gasteiger partial charge in [0.2, 0.25) is 0 Å². The van der Waals surface area contributed by atoms with Crippen LogP contribution >= 0.6 is 0 Å². The van der Waals surface area contributed by atoms with Gasteiger partial charge in [0.1, 0.15) is 0 Å². The summed E-state index contributed by atoms with van der Waals surface area (Å²) in [4.78, 5) is 0. The smallest absolute Gasteiger partial charge is 0.168 e. The van der Waals surface area contributed by atoms with Gasteiger partial charge in [-0.15, -0.1) is 0 Å². The van der Waals surface area contributed by atoms with E-state index in [0.717, 1.165) is 64.7 Å². The summed E-state index contributed by atoms with van der Waals surface area (Å²) < 4.78 is 11.5. The van der Waals surface area contributed by atoms with Crippen LogP contribution in [0.1, 0.15) is 58.3 Å². The molecule has 0 amide bonds. The highest BCUT2D eigenvalue weighted by atomic mass is 16.7. The van der Waals surface area contributed by atoms with E-state index in [1.807, 2.05) is 0 Å². The Morgan fingerprint density at radius 1 is 1.10 bits per heavy atom. The minimum absolute atomic E-state index is 0.269. The van der Waals surface area contributed by atoms with Gasteiger partial charge in [-0.25, -0.2) is 0 Å². The molecule has 1 saturated heterocycles. The molecule has 0 aromatic carbocycles. The topological polar surface area (TPSA) is 50.7 Å². The Bertz CT molecular complexity index is 320. The molecule has 0 aromatic heterocycles. The predicted molar refractivity (Wildman–Crippen MR) is 77.5 cm³/mol. The fraction of sp³-hybridized carbons (Fsp3) is 1.00. The summed E-state index contributed by atoms with van der Waals surface area (Å²) in [7, 11) is 0. The molecule has 1 aliphatic heterocycles. The van der Waals surface area contributed by atoms with E-state index < -0.39 is 5.60 Å². The van der Waals surface area contributed by atoms with Gasteiger partial charge >= 0.3 is 0 Å². The molecule has 2 atom stereocenters. The molecular formula is C16H29NO3. The summed E-state index contributed by atoms with van der Waals surface area (Å²) in [5.74, 6) is 0.388. The van der Waals surface area contributed by atoms with E-state index in [1.165, 1.54) is 6.42 Å².